The Morgan fingerprint density at radius 1 is 1.23 bits per heavy atom. The molecule has 0 saturated carbocycles. The van der Waals surface area contributed by atoms with Crippen molar-refractivity contribution in [1.82, 2.24) is 4.98 Å². The van der Waals surface area contributed by atoms with E-state index in [1.807, 2.05) is 13.8 Å². The largest absolute Gasteiger partial charge is 0.493 e. The molecule has 2 aromatic rings. The number of carbonyl (C=O) groups excluding carboxylic acids is 1. The molecular weight excluding hydrogens is 388 g/mol. The number of carbonyl (C=O) groups is 2. The summed E-state index contributed by atoms with van der Waals surface area (Å²) >= 11 is 0. The average Bonchev–Trinajstić information content (AvgIpc) is 3.17. The molecule has 0 spiro atoms. The predicted molar refractivity (Wildman–Crippen MR) is 109 cm³/mol. The van der Waals surface area contributed by atoms with Gasteiger partial charge in [0.15, 0.2) is 17.2 Å². The lowest BCUT2D eigenvalue weighted by molar-refractivity contribution is -0.140. The fourth-order valence-corrected chi connectivity index (χ4v) is 3.54. The van der Waals surface area contributed by atoms with Gasteiger partial charge in [0.2, 0.25) is 0 Å². The van der Waals surface area contributed by atoms with E-state index in [9.17, 15) is 14.9 Å². The van der Waals surface area contributed by atoms with E-state index in [4.69, 9.17) is 19.0 Å². The molecular formula is C22H28N2O6. The normalized spacial score (nSPS) is 13.1. The number of ether oxygens (including phenoxy) is 2. The molecule has 0 bridgehead atoms. The molecule has 1 aromatic heterocycles. The summed E-state index contributed by atoms with van der Waals surface area (Å²) in [5.41, 5.74) is 0.642. The molecule has 1 aromatic carbocycles. The summed E-state index contributed by atoms with van der Waals surface area (Å²) in [7, 11) is 2.86. The highest BCUT2D eigenvalue weighted by molar-refractivity contribution is 5.84. The van der Waals surface area contributed by atoms with Gasteiger partial charge in [-0.1, -0.05) is 19.9 Å². The van der Waals surface area contributed by atoms with Crippen LogP contribution in [0, 0.1) is 11.3 Å². The fourth-order valence-electron chi connectivity index (χ4n) is 3.54. The molecule has 1 N–H and O–H groups in total. The Balaban J connectivity index is 2.55. The Labute approximate surface area is 175 Å². The number of oxazole rings is 1. The van der Waals surface area contributed by atoms with Gasteiger partial charge in [0.05, 0.1) is 25.7 Å². The second kappa shape index (κ2) is 10.1. The Morgan fingerprint density at radius 3 is 2.43 bits per heavy atom. The van der Waals surface area contributed by atoms with Crippen molar-refractivity contribution in [1.29, 1.82) is 5.26 Å². The molecule has 8 heteroatoms. The Hall–Kier alpha value is -3.08. The fraction of sp³-hybridized carbons (Fsp3) is 0.545. The van der Waals surface area contributed by atoms with Crippen LogP contribution in [0.3, 0.4) is 0 Å². The van der Waals surface area contributed by atoms with E-state index in [-0.39, 0.29) is 24.7 Å². The van der Waals surface area contributed by atoms with E-state index in [0.717, 1.165) is 0 Å². The van der Waals surface area contributed by atoms with E-state index in [0.29, 0.717) is 54.0 Å². The lowest BCUT2D eigenvalue weighted by atomic mass is 9.73. The molecule has 30 heavy (non-hydrogen) atoms. The van der Waals surface area contributed by atoms with Crippen LogP contribution in [0.5, 0.6) is 5.75 Å². The quantitative estimate of drug-likeness (QED) is 0.537. The standard InChI is InChI=1S/C22H28N2O6/c1-14(2)21-24-19-15(9-10-16(28-3)20(19)30-21)22(13-23,11-5-7-17(25)26)12-6-8-18(27)29-4/h9-10,14H,5-8,11-12H2,1-4H3,(H,25,26). The summed E-state index contributed by atoms with van der Waals surface area (Å²) in [6.07, 6.45) is 1.56. The highest BCUT2D eigenvalue weighted by Crippen LogP contribution is 2.41. The smallest absolute Gasteiger partial charge is 0.305 e. The number of esters is 1. The second-order valence-corrected chi connectivity index (χ2v) is 7.57. The molecule has 0 radical (unpaired) electrons. The van der Waals surface area contributed by atoms with Gasteiger partial charge in [0, 0.05) is 24.3 Å². The predicted octanol–water partition coefficient (Wildman–Crippen LogP) is 4.32. The zero-order valence-electron chi connectivity index (χ0n) is 17.9. The van der Waals surface area contributed by atoms with Crippen LogP contribution < -0.4 is 4.74 Å². The molecule has 1 unspecified atom stereocenters. The van der Waals surface area contributed by atoms with E-state index >= 15 is 0 Å². The minimum Gasteiger partial charge on any atom is -0.493 e. The topological polar surface area (TPSA) is 123 Å². The zero-order valence-corrected chi connectivity index (χ0v) is 17.9. The van der Waals surface area contributed by atoms with Gasteiger partial charge >= 0.3 is 11.9 Å². The minimum atomic E-state index is -1.01. The average molecular weight is 416 g/mol. The van der Waals surface area contributed by atoms with Crippen molar-refractivity contribution < 1.29 is 28.6 Å². The number of benzene rings is 1. The van der Waals surface area contributed by atoms with Gasteiger partial charge in [-0.2, -0.15) is 5.26 Å². The zero-order chi connectivity index (χ0) is 22.3. The van der Waals surface area contributed by atoms with Crippen molar-refractivity contribution in [3.63, 3.8) is 0 Å². The number of hydrogen-bond acceptors (Lipinski definition) is 7. The Bertz CT molecular complexity index is 943. The third kappa shape index (κ3) is 5.09. The third-order valence-electron chi connectivity index (χ3n) is 5.17. The number of carboxylic acids is 1. The number of methoxy groups -OCH3 is 2. The molecule has 0 aliphatic carbocycles. The first-order valence-corrected chi connectivity index (χ1v) is 9.95. The third-order valence-corrected chi connectivity index (χ3v) is 5.17. The van der Waals surface area contributed by atoms with Gasteiger partial charge in [-0.15, -0.1) is 0 Å². The van der Waals surface area contributed by atoms with E-state index in [1.54, 1.807) is 12.1 Å². The molecule has 2 rings (SSSR count). The molecule has 8 nitrogen and oxygen atoms in total. The molecule has 1 heterocycles. The molecule has 0 aliphatic rings. The molecule has 0 fully saturated rings. The Kier molecular flexibility index (Phi) is 7.81. The van der Waals surface area contributed by atoms with Crippen LogP contribution in [0.25, 0.3) is 11.1 Å². The SMILES string of the molecule is COC(=O)CCCC(C#N)(CCCC(=O)O)c1ccc(OC)c2oc(C(C)C)nc12. The summed E-state index contributed by atoms with van der Waals surface area (Å²) < 4.78 is 16.0. The summed E-state index contributed by atoms with van der Waals surface area (Å²) in [5, 5.41) is 19.3. The number of nitrogens with zero attached hydrogens (tertiary/aromatic N) is 2. The lowest BCUT2D eigenvalue weighted by Crippen LogP contribution is -2.25. The van der Waals surface area contributed by atoms with Crippen molar-refractivity contribution in [2.24, 2.45) is 0 Å². The number of aromatic nitrogens is 1. The Morgan fingerprint density at radius 2 is 1.90 bits per heavy atom. The van der Waals surface area contributed by atoms with Crippen molar-refractivity contribution in [3.8, 4) is 11.8 Å². The molecule has 0 saturated heterocycles. The molecule has 0 aliphatic heterocycles. The summed E-state index contributed by atoms with van der Waals surface area (Å²) in [6, 6.07) is 5.92. The van der Waals surface area contributed by atoms with E-state index < -0.39 is 11.4 Å². The van der Waals surface area contributed by atoms with Crippen molar-refractivity contribution >= 4 is 23.0 Å². The van der Waals surface area contributed by atoms with Crippen LogP contribution in [0.2, 0.25) is 0 Å². The first-order valence-electron chi connectivity index (χ1n) is 9.95. The molecule has 162 valence electrons. The van der Waals surface area contributed by atoms with Crippen molar-refractivity contribution in [3.05, 3.63) is 23.6 Å². The highest BCUT2D eigenvalue weighted by Gasteiger charge is 2.36. The molecule has 1 atom stereocenters. The maximum atomic E-state index is 11.6. The van der Waals surface area contributed by atoms with Crippen LogP contribution in [-0.4, -0.2) is 36.2 Å². The summed E-state index contributed by atoms with van der Waals surface area (Å²) in [6.45, 7) is 3.91. The van der Waals surface area contributed by atoms with E-state index in [1.165, 1.54) is 14.2 Å². The number of nitriles is 1. The number of carboxylic acid groups (broad SMARTS) is 1. The lowest BCUT2D eigenvalue weighted by Gasteiger charge is -2.27. The van der Waals surface area contributed by atoms with Gasteiger partial charge < -0.3 is 19.0 Å². The first-order chi connectivity index (χ1) is 14.3. The van der Waals surface area contributed by atoms with E-state index in [2.05, 4.69) is 11.1 Å². The monoisotopic (exact) mass is 416 g/mol. The van der Waals surface area contributed by atoms with Crippen molar-refractivity contribution in [2.45, 2.75) is 63.7 Å². The maximum absolute atomic E-state index is 11.6. The number of fused-ring (bicyclic) bond motifs is 1. The van der Waals surface area contributed by atoms with Gasteiger partial charge in [0.25, 0.3) is 0 Å². The number of aliphatic carboxylic acids is 1. The van der Waals surface area contributed by atoms with Gasteiger partial charge in [-0.25, -0.2) is 4.98 Å². The first kappa shape index (κ1) is 23.2. The molecule has 0 amide bonds. The summed E-state index contributed by atoms with van der Waals surface area (Å²) in [4.78, 5) is 27.2. The second-order valence-electron chi connectivity index (χ2n) is 7.57. The minimum absolute atomic E-state index is 0.0396. The van der Waals surface area contributed by atoms with Crippen LogP contribution in [0.1, 0.15) is 69.7 Å². The van der Waals surface area contributed by atoms with Gasteiger partial charge in [-0.05, 0) is 31.7 Å². The van der Waals surface area contributed by atoms with Gasteiger partial charge in [-0.3, -0.25) is 9.59 Å². The van der Waals surface area contributed by atoms with Gasteiger partial charge in [0.1, 0.15) is 5.52 Å². The number of hydrogen-bond donors (Lipinski definition) is 1. The summed E-state index contributed by atoms with van der Waals surface area (Å²) in [5.74, 6) is -0.184. The van der Waals surface area contributed by atoms with Crippen LogP contribution in [0.15, 0.2) is 16.5 Å². The highest BCUT2D eigenvalue weighted by atomic mass is 16.5. The van der Waals surface area contributed by atoms with Crippen LogP contribution in [-0.2, 0) is 19.7 Å². The van der Waals surface area contributed by atoms with Crippen molar-refractivity contribution in [2.75, 3.05) is 14.2 Å². The van der Waals surface area contributed by atoms with Crippen LogP contribution >= 0.6 is 0 Å². The van der Waals surface area contributed by atoms with Crippen LogP contribution in [0.4, 0.5) is 0 Å². The number of rotatable bonds is 11. The maximum Gasteiger partial charge on any atom is 0.305 e.